The quantitative estimate of drug-likeness (QED) is 0.814. The van der Waals surface area contributed by atoms with Gasteiger partial charge in [0.15, 0.2) is 0 Å². The predicted molar refractivity (Wildman–Crippen MR) is 60.6 cm³/mol. The van der Waals surface area contributed by atoms with Crippen LogP contribution in [0, 0.1) is 17.8 Å². The van der Waals surface area contributed by atoms with Crippen LogP contribution in [0.3, 0.4) is 0 Å². The zero-order valence-corrected chi connectivity index (χ0v) is 10.1. The van der Waals surface area contributed by atoms with Gasteiger partial charge >= 0.3 is 12.1 Å². The van der Waals surface area contributed by atoms with Crippen LogP contribution >= 0.6 is 0 Å². The molecule has 1 aliphatic heterocycles. The summed E-state index contributed by atoms with van der Waals surface area (Å²) in [6, 6.07) is 0. The van der Waals surface area contributed by atoms with Gasteiger partial charge in [0.2, 0.25) is 0 Å². The van der Waals surface area contributed by atoms with Crippen molar-refractivity contribution in [1.82, 2.24) is 4.90 Å². The molecule has 2 aliphatic rings. The molecule has 17 heavy (non-hydrogen) atoms. The van der Waals surface area contributed by atoms with E-state index in [1.807, 2.05) is 0 Å². The molecule has 96 valence electrons. The highest BCUT2D eigenvalue weighted by Gasteiger charge is 2.48. The lowest BCUT2D eigenvalue weighted by molar-refractivity contribution is -0.139. The molecule has 1 heterocycles. The first-order valence-corrected chi connectivity index (χ1v) is 6.28. The van der Waals surface area contributed by atoms with Crippen molar-refractivity contribution in [2.45, 2.75) is 26.2 Å². The molecule has 1 N–H and O–H groups in total. The van der Waals surface area contributed by atoms with Crippen LogP contribution < -0.4 is 0 Å². The maximum atomic E-state index is 11.5. The van der Waals surface area contributed by atoms with E-state index in [-0.39, 0.29) is 12.0 Å². The fourth-order valence-electron chi connectivity index (χ4n) is 2.74. The third-order valence-corrected chi connectivity index (χ3v) is 3.83. The molecular weight excluding hydrogens is 222 g/mol. The first-order chi connectivity index (χ1) is 8.13. The summed E-state index contributed by atoms with van der Waals surface area (Å²) in [5.74, 6) is 0.0237. The Morgan fingerprint density at radius 1 is 1.35 bits per heavy atom. The van der Waals surface area contributed by atoms with Crippen molar-refractivity contribution >= 4 is 12.1 Å². The first-order valence-electron chi connectivity index (χ1n) is 6.28. The average Bonchev–Trinajstić information content (AvgIpc) is 3.09. The highest BCUT2D eigenvalue weighted by atomic mass is 16.6. The van der Waals surface area contributed by atoms with E-state index in [0.29, 0.717) is 31.5 Å². The zero-order valence-electron chi connectivity index (χ0n) is 10.1. The molecule has 0 radical (unpaired) electrons. The maximum absolute atomic E-state index is 11.5. The molecule has 0 aromatic heterocycles. The van der Waals surface area contributed by atoms with Gasteiger partial charge in [0.1, 0.15) is 0 Å². The minimum absolute atomic E-state index is 0.130. The summed E-state index contributed by atoms with van der Waals surface area (Å²) in [5, 5.41) is 8.88. The van der Waals surface area contributed by atoms with Crippen molar-refractivity contribution in [2.24, 2.45) is 17.8 Å². The summed E-state index contributed by atoms with van der Waals surface area (Å²) in [6.45, 7) is 3.60. The van der Waals surface area contributed by atoms with Crippen LogP contribution in [0.15, 0.2) is 0 Å². The van der Waals surface area contributed by atoms with Gasteiger partial charge in [0, 0.05) is 13.1 Å². The van der Waals surface area contributed by atoms with Gasteiger partial charge in [-0.05, 0) is 38.0 Å². The minimum Gasteiger partial charge on any atom is -0.481 e. The number of nitrogens with zero attached hydrogens (tertiary/aromatic N) is 1. The van der Waals surface area contributed by atoms with Gasteiger partial charge < -0.3 is 14.7 Å². The Morgan fingerprint density at radius 3 is 2.47 bits per heavy atom. The Bertz CT molecular complexity index is 310. The van der Waals surface area contributed by atoms with Crippen LogP contribution in [-0.2, 0) is 9.53 Å². The Hall–Kier alpha value is -1.26. The summed E-state index contributed by atoms with van der Waals surface area (Å²) in [4.78, 5) is 24.0. The van der Waals surface area contributed by atoms with Crippen LogP contribution in [-0.4, -0.2) is 41.8 Å². The Kier molecular flexibility index (Phi) is 3.54. The van der Waals surface area contributed by atoms with E-state index >= 15 is 0 Å². The van der Waals surface area contributed by atoms with Gasteiger partial charge in [0.25, 0.3) is 0 Å². The highest BCUT2D eigenvalue weighted by Crippen LogP contribution is 2.47. The molecule has 0 unspecified atom stereocenters. The SMILES string of the molecule is CCOC(=O)N1CCC([C@@H]2C[C@H]2C(=O)O)CC1. The topological polar surface area (TPSA) is 66.8 Å². The molecule has 2 fully saturated rings. The van der Waals surface area contributed by atoms with Crippen LogP contribution in [0.1, 0.15) is 26.2 Å². The number of amides is 1. The second-order valence-corrected chi connectivity index (χ2v) is 4.87. The monoisotopic (exact) mass is 241 g/mol. The van der Waals surface area contributed by atoms with Crippen molar-refractivity contribution in [3.63, 3.8) is 0 Å². The number of piperidine rings is 1. The van der Waals surface area contributed by atoms with Gasteiger partial charge in [-0.25, -0.2) is 4.79 Å². The molecule has 1 saturated carbocycles. The van der Waals surface area contributed by atoms with E-state index < -0.39 is 5.97 Å². The maximum Gasteiger partial charge on any atom is 0.409 e. The second kappa shape index (κ2) is 4.94. The molecule has 0 bridgehead atoms. The first kappa shape index (κ1) is 12.2. The summed E-state index contributed by atoms with van der Waals surface area (Å²) in [5.41, 5.74) is 0. The lowest BCUT2D eigenvalue weighted by atomic mass is 9.91. The second-order valence-electron chi connectivity index (χ2n) is 4.87. The number of ether oxygens (including phenoxy) is 1. The molecule has 2 atom stereocenters. The molecule has 0 aromatic rings. The van der Waals surface area contributed by atoms with E-state index in [2.05, 4.69) is 0 Å². The summed E-state index contributed by atoms with van der Waals surface area (Å²) in [7, 11) is 0. The third kappa shape index (κ3) is 2.70. The van der Waals surface area contributed by atoms with E-state index in [1.54, 1.807) is 11.8 Å². The Morgan fingerprint density at radius 2 is 2.00 bits per heavy atom. The van der Waals surface area contributed by atoms with Crippen molar-refractivity contribution in [1.29, 1.82) is 0 Å². The van der Waals surface area contributed by atoms with Crippen molar-refractivity contribution in [3.05, 3.63) is 0 Å². The standard InChI is InChI=1S/C12H19NO4/c1-2-17-12(16)13-5-3-8(4-6-13)9-7-10(9)11(14)15/h8-10H,2-7H2,1H3,(H,14,15)/t9-,10+/m0/s1. The van der Waals surface area contributed by atoms with Crippen molar-refractivity contribution in [2.75, 3.05) is 19.7 Å². The lowest BCUT2D eigenvalue weighted by Gasteiger charge is -2.31. The van der Waals surface area contributed by atoms with Crippen LogP contribution in [0.25, 0.3) is 0 Å². The number of rotatable bonds is 3. The molecule has 0 aromatic carbocycles. The van der Waals surface area contributed by atoms with Crippen molar-refractivity contribution < 1.29 is 19.4 Å². The molecule has 2 rings (SSSR count). The number of carboxylic acids is 1. The van der Waals surface area contributed by atoms with E-state index in [1.165, 1.54) is 0 Å². The molecule has 5 heteroatoms. The third-order valence-electron chi connectivity index (χ3n) is 3.83. The number of carbonyl (C=O) groups is 2. The lowest BCUT2D eigenvalue weighted by Crippen LogP contribution is -2.39. The average molecular weight is 241 g/mol. The van der Waals surface area contributed by atoms with Gasteiger partial charge in [-0.1, -0.05) is 0 Å². The molecule has 1 aliphatic carbocycles. The zero-order chi connectivity index (χ0) is 12.4. The largest absolute Gasteiger partial charge is 0.481 e. The van der Waals surface area contributed by atoms with E-state index in [4.69, 9.17) is 9.84 Å². The predicted octanol–water partition coefficient (Wildman–Crippen LogP) is 1.58. The summed E-state index contributed by atoms with van der Waals surface area (Å²) in [6.07, 6.45) is 2.40. The fourth-order valence-corrected chi connectivity index (χ4v) is 2.74. The number of carboxylic acid groups (broad SMARTS) is 1. The van der Waals surface area contributed by atoms with Crippen LogP contribution in [0.2, 0.25) is 0 Å². The van der Waals surface area contributed by atoms with Crippen LogP contribution in [0.5, 0.6) is 0 Å². The van der Waals surface area contributed by atoms with E-state index in [0.717, 1.165) is 19.3 Å². The fraction of sp³-hybridized carbons (Fsp3) is 0.833. The van der Waals surface area contributed by atoms with Crippen molar-refractivity contribution in [3.8, 4) is 0 Å². The van der Waals surface area contributed by atoms with Gasteiger partial charge in [-0.3, -0.25) is 4.79 Å². The number of hydrogen-bond donors (Lipinski definition) is 1. The Balaban J connectivity index is 1.75. The molecule has 1 saturated heterocycles. The highest BCUT2D eigenvalue weighted by molar-refractivity contribution is 5.73. The molecule has 0 spiro atoms. The Labute approximate surface area is 101 Å². The number of aliphatic carboxylic acids is 1. The van der Waals surface area contributed by atoms with Gasteiger partial charge in [0.05, 0.1) is 12.5 Å². The summed E-state index contributed by atoms with van der Waals surface area (Å²) >= 11 is 0. The molecular formula is C12H19NO4. The number of likely N-dealkylation sites (tertiary alicyclic amines) is 1. The molecule has 1 amide bonds. The number of carbonyl (C=O) groups excluding carboxylic acids is 1. The van der Waals surface area contributed by atoms with Gasteiger partial charge in [-0.2, -0.15) is 0 Å². The minimum atomic E-state index is -0.664. The number of hydrogen-bond acceptors (Lipinski definition) is 3. The van der Waals surface area contributed by atoms with E-state index in [9.17, 15) is 9.59 Å². The molecule has 5 nitrogen and oxygen atoms in total. The normalized spacial score (nSPS) is 28.9. The van der Waals surface area contributed by atoms with Crippen LogP contribution in [0.4, 0.5) is 4.79 Å². The smallest absolute Gasteiger partial charge is 0.409 e. The van der Waals surface area contributed by atoms with Gasteiger partial charge in [-0.15, -0.1) is 0 Å². The summed E-state index contributed by atoms with van der Waals surface area (Å²) < 4.78 is 4.94.